The highest BCUT2D eigenvalue weighted by Gasteiger charge is 2.30. The molecule has 0 spiro atoms. The Hall–Kier alpha value is -2.05. The Morgan fingerprint density at radius 2 is 1.85 bits per heavy atom. The van der Waals surface area contributed by atoms with Gasteiger partial charge in [0.05, 0.1) is 5.56 Å². The first-order valence-electron chi connectivity index (χ1n) is 9.36. The van der Waals surface area contributed by atoms with Gasteiger partial charge < -0.3 is 15.3 Å². The lowest BCUT2D eigenvalue weighted by Gasteiger charge is -2.29. The maximum atomic E-state index is 12.9. The van der Waals surface area contributed by atoms with Crippen LogP contribution in [0.15, 0.2) is 36.4 Å². The molecule has 2 aliphatic rings. The van der Waals surface area contributed by atoms with E-state index in [2.05, 4.69) is 16.3 Å². The van der Waals surface area contributed by atoms with Gasteiger partial charge in [0.25, 0.3) is 0 Å². The van der Waals surface area contributed by atoms with Crippen molar-refractivity contribution in [3.63, 3.8) is 0 Å². The van der Waals surface area contributed by atoms with E-state index in [1.807, 2.05) is 6.07 Å². The number of benzene rings is 2. The van der Waals surface area contributed by atoms with Crippen molar-refractivity contribution in [1.29, 1.82) is 0 Å². The highest BCUT2D eigenvalue weighted by molar-refractivity contribution is 5.74. The molecule has 1 saturated heterocycles. The molecule has 144 valence electrons. The third-order valence-corrected chi connectivity index (χ3v) is 5.67. The van der Waals surface area contributed by atoms with Crippen LogP contribution in [0.1, 0.15) is 23.1 Å². The molecule has 2 aromatic carbocycles. The summed E-state index contributed by atoms with van der Waals surface area (Å²) < 4.78 is 38.6. The summed E-state index contributed by atoms with van der Waals surface area (Å²) in [5.74, 6) is 0.312. The first kappa shape index (κ1) is 18.3. The molecule has 0 radical (unpaired) electrons. The van der Waals surface area contributed by atoms with E-state index in [4.69, 9.17) is 0 Å². The van der Waals surface area contributed by atoms with Crippen LogP contribution in [-0.2, 0) is 19.1 Å². The molecular weight excluding hydrogens is 353 g/mol. The van der Waals surface area contributed by atoms with Crippen molar-refractivity contribution in [3.05, 3.63) is 53.1 Å². The Morgan fingerprint density at radius 1 is 1.07 bits per heavy atom. The number of nitrogens with one attached hydrogen (secondary N) is 1. The molecule has 2 N–H and O–H groups in total. The Kier molecular flexibility index (Phi) is 4.86. The quantitative estimate of drug-likeness (QED) is 0.855. The molecule has 2 aliphatic heterocycles. The van der Waals surface area contributed by atoms with Crippen LogP contribution < -0.4 is 10.2 Å². The number of fused-ring (bicyclic) bond motifs is 1. The van der Waals surface area contributed by atoms with Crippen molar-refractivity contribution in [1.82, 2.24) is 5.32 Å². The Balaban J connectivity index is 1.71. The fourth-order valence-corrected chi connectivity index (χ4v) is 4.20. The smallest absolute Gasteiger partial charge is 0.396 e. The minimum absolute atomic E-state index is 0.209. The van der Waals surface area contributed by atoms with Gasteiger partial charge in [0.2, 0.25) is 0 Å². The van der Waals surface area contributed by atoms with Crippen molar-refractivity contribution in [2.45, 2.75) is 25.6 Å². The number of nitrogens with zero attached hydrogens (tertiary/aromatic N) is 1. The first-order valence-corrected chi connectivity index (χ1v) is 9.36. The standard InChI is InChI=1S/C21H23F3N2O/c22-21(23,24)16-3-1-15(2-4-16)17-5-6-20(19-11-25-9-7-18(17)19)26-10-8-14(12-26)13-27/h1-6,14,25,27H,7-13H2/t14-/m1/s1. The minimum atomic E-state index is -4.31. The van der Waals surface area contributed by atoms with E-state index < -0.39 is 11.7 Å². The fourth-order valence-electron chi connectivity index (χ4n) is 4.20. The second kappa shape index (κ2) is 7.17. The van der Waals surface area contributed by atoms with Crippen LogP contribution in [0, 0.1) is 5.92 Å². The van der Waals surface area contributed by atoms with Crippen LogP contribution in [0.3, 0.4) is 0 Å². The van der Waals surface area contributed by atoms with Crippen molar-refractivity contribution in [2.24, 2.45) is 5.92 Å². The Bertz CT molecular complexity index is 817. The number of aliphatic hydroxyl groups excluding tert-OH is 1. The van der Waals surface area contributed by atoms with Gasteiger partial charge >= 0.3 is 6.18 Å². The van der Waals surface area contributed by atoms with E-state index in [0.29, 0.717) is 5.92 Å². The molecule has 1 fully saturated rings. The molecule has 2 heterocycles. The molecule has 2 aromatic rings. The average Bonchev–Trinajstić information content (AvgIpc) is 3.15. The summed E-state index contributed by atoms with van der Waals surface area (Å²) in [7, 11) is 0. The lowest BCUT2D eigenvalue weighted by molar-refractivity contribution is -0.137. The van der Waals surface area contributed by atoms with Gasteiger partial charge in [-0.05, 0) is 59.8 Å². The summed E-state index contributed by atoms with van der Waals surface area (Å²) >= 11 is 0. The topological polar surface area (TPSA) is 35.5 Å². The van der Waals surface area contributed by atoms with Gasteiger partial charge in [-0.25, -0.2) is 0 Å². The van der Waals surface area contributed by atoms with Gasteiger partial charge in [0, 0.05) is 37.8 Å². The third kappa shape index (κ3) is 3.56. The van der Waals surface area contributed by atoms with Crippen LogP contribution in [0.25, 0.3) is 11.1 Å². The van der Waals surface area contributed by atoms with Crippen LogP contribution in [0.2, 0.25) is 0 Å². The van der Waals surface area contributed by atoms with E-state index in [0.717, 1.165) is 62.3 Å². The number of rotatable bonds is 3. The maximum Gasteiger partial charge on any atom is 0.416 e. The van der Waals surface area contributed by atoms with Crippen LogP contribution in [-0.4, -0.2) is 31.3 Å². The van der Waals surface area contributed by atoms with Gasteiger partial charge in [-0.2, -0.15) is 13.2 Å². The molecule has 6 heteroatoms. The summed E-state index contributed by atoms with van der Waals surface area (Å²) in [6.07, 6.45) is -2.47. The van der Waals surface area contributed by atoms with Crippen LogP contribution >= 0.6 is 0 Å². The van der Waals surface area contributed by atoms with Gasteiger partial charge in [0.15, 0.2) is 0 Å². The molecule has 0 amide bonds. The second-order valence-corrected chi connectivity index (χ2v) is 7.37. The highest BCUT2D eigenvalue weighted by atomic mass is 19.4. The minimum Gasteiger partial charge on any atom is -0.396 e. The average molecular weight is 376 g/mol. The van der Waals surface area contributed by atoms with Gasteiger partial charge in [-0.3, -0.25) is 0 Å². The lowest BCUT2D eigenvalue weighted by Crippen LogP contribution is -2.29. The highest BCUT2D eigenvalue weighted by Crippen LogP contribution is 2.37. The molecule has 0 aromatic heterocycles. The Labute approximate surface area is 156 Å². The van der Waals surface area contributed by atoms with Gasteiger partial charge in [-0.15, -0.1) is 0 Å². The number of aliphatic hydroxyl groups is 1. The van der Waals surface area contributed by atoms with E-state index in [9.17, 15) is 18.3 Å². The molecule has 0 saturated carbocycles. The molecule has 0 unspecified atom stereocenters. The predicted molar refractivity (Wildman–Crippen MR) is 99.7 cm³/mol. The van der Waals surface area contributed by atoms with E-state index in [-0.39, 0.29) is 6.61 Å². The number of alkyl halides is 3. The van der Waals surface area contributed by atoms with E-state index in [1.165, 1.54) is 16.8 Å². The molecular formula is C21H23F3N2O. The van der Waals surface area contributed by atoms with E-state index >= 15 is 0 Å². The summed E-state index contributed by atoms with van der Waals surface area (Å²) in [4.78, 5) is 2.32. The van der Waals surface area contributed by atoms with Crippen molar-refractivity contribution < 1.29 is 18.3 Å². The monoisotopic (exact) mass is 376 g/mol. The summed E-state index contributed by atoms with van der Waals surface area (Å²) in [5.41, 5.74) is 4.86. The number of hydrogen-bond acceptors (Lipinski definition) is 3. The van der Waals surface area contributed by atoms with Crippen LogP contribution in [0.5, 0.6) is 0 Å². The molecule has 0 bridgehead atoms. The molecule has 1 atom stereocenters. The second-order valence-electron chi connectivity index (χ2n) is 7.37. The van der Waals surface area contributed by atoms with Crippen molar-refractivity contribution in [2.75, 3.05) is 31.1 Å². The molecule has 4 rings (SSSR count). The zero-order chi connectivity index (χ0) is 19.0. The third-order valence-electron chi connectivity index (χ3n) is 5.67. The lowest BCUT2D eigenvalue weighted by atomic mass is 9.89. The summed E-state index contributed by atoms with van der Waals surface area (Å²) in [5, 5.41) is 12.8. The number of anilines is 1. The number of halogens is 3. The van der Waals surface area contributed by atoms with E-state index in [1.54, 1.807) is 12.1 Å². The number of hydrogen-bond donors (Lipinski definition) is 2. The maximum absolute atomic E-state index is 12.9. The normalized spacial score (nSPS) is 20.0. The fraction of sp³-hybridized carbons (Fsp3) is 0.429. The molecule has 27 heavy (non-hydrogen) atoms. The largest absolute Gasteiger partial charge is 0.416 e. The SMILES string of the molecule is OC[C@@H]1CCN(c2ccc(-c3ccc(C(F)(F)F)cc3)c3c2CNCC3)C1. The zero-order valence-electron chi connectivity index (χ0n) is 15.0. The summed E-state index contributed by atoms with van der Waals surface area (Å²) in [6, 6.07) is 9.56. The first-order chi connectivity index (χ1) is 13.0. The zero-order valence-corrected chi connectivity index (χ0v) is 15.0. The Morgan fingerprint density at radius 3 is 2.52 bits per heavy atom. The molecule has 3 nitrogen and oxygen atoms in total. The van der Waals surface area contributed by atoms with Crippen molar-refractivity contribution >= 4 is 5.69 Å². The molecule has 0 aliphatic carbocycles. The summed E-state index contributed by atoms with van der Waals surface area (Å²) in [6.45, 7) is 3.61. The predicted octanol–water partition coefficient (Wildman–Crippen LogP) is 3.84. The van der Waals surface area contributed by atoms with Crippen molar-refractivity contribution in [3.8, 4) is 11.1 Å². The van der Waals surface area contributed by atoms with Crippen LogP contribution in [0.4, 0.5) is 18.9 Å². The van der Waals surface area contributed by atoms with Gasteiger partial charge in [0.1, 0.15) is 0 Å². The van der Waals surface area contributed by atoms with Gasteiger partial charge in [-0.1, -0.05) is 18.2 Å².